The summed E-state index contributed by atoms with van der Waals surface area (Å²) >= 11 is 6.26. The van der Waals surface area contributed by atoms with E-state index in [1.54, 1.807) is 32.9 Å². The van der Waals surface area contributed by atoms with E-state index in [0.717, 1.165) is 22.3 Å². The van der Waals surface area contributed by atoms with Gasteiger partial charge in [0.2, 0.25) is 5.91 Å². The van der Waals surface area contributed by atoms with Crippen LogP contribution in [0.2, 0.25) is 5.02 Å². The molecule has 1 N–H and O–H groups in total. The lowest BCUT2D eigenvalue weighted by Gasteiger charge is -2.22. The number of benzene rings is 4. The highest BCUT2D eigenvalue weighted by Crippen LogP contribution is 2.36. The van der Waals surface area contributed by atoms with Crippen LogP contribution in [0.3, 0.4) is 0 Å². The van der Waals surface area contributed by atoms with Gasteiger partial charge in [0.25, 0.3) is 0 Å². The van der Waals surface area contributed by atoms with Crippen molar-refractivity contribution < 1.29 is 28.4 Å². The summed E-state index contributed by atoms with van der Waals surface area (Å²) in [6.07, 6.45) is -2.37. The normalized spacial score (nSPS) is 17.0. The molecule has 4 unspecified atom stereocenters. The molecule has 1 aliphatic rings. The van der Waals surface area contributed by atoms with Crippen LogP contribution in [-0.4, -0.2) is 34.2 Å². The van der Waals surface area contributed by atoms with E-state index in [-0.39, 0.29) is 5.91 Å². The minimum Gasteiger partial charge on any atom is -0.441 e. The molecule has 4 aromatic carbocycles. The number of carbonyl (C=O) groups excluding carboxylic acids is 3. The number of hydrogen-bond acceptors (Lipinski definition) is 7. The van der Waals surface area contributed by atoms with Gasteiger partial charge in [-0.05, 0) is 56.0 Å². The van der Waals surface area contributed by atoms with Gasteiger partial charge in [-0.1, -0.05) is 114 Å². The number of imide groups is 1. The van der Waals surface area contributed by atoms with Gasteiger partial charge in [0.1, 0.15) is 23.6 Å². The van der Waals surface area contributed by atoms with E-state index < -0.39 is 36.4 Å². The smallest absolute Gasteiger partial charge is 0.417 e. The molecule has 0 radical (unpaired) electrons. The highest BCUT2D eigenvalue weighted by Gasteiger charge is 2.44. The zero-order valence-corrected chi connectivity index (χ0v) is 27.6. The number of anilines is 1. The van der Waals surface area contributed by atoms with E-state index in [9.17, 15) is 14.4 Å². The quantitative estimate of drug-likeness (QED) is 0.176. The van der Waals surface area contributed by atoms with Crippen molar-refractivity contribution in [3.05, 3.63) is 131 Å². The Kier molecular flexibility index (Phi) is 9.32. The van der Waals surface area contributed by atoms with Gasteiger partial charge < -0.3 is 14.0 Å². The Labute approximate surface area is 283 Å². The second-order valence-corrected chi connectivity index (χ2v) is 12.2. The number of aromatic nitrogens is 1. The molecule has 4 atom stereocenters. The number of cyclic esters (lactones) is 1. The molecule has 9 nitrogen and oxygen atoms in total. The number of carbonyl (C=O) groups is 3. The second-order valence-electron chi connectivity index (χ2n) is 11.8. The van der Waals surface area contributed by atoms with Gasteiger partial charge in [-0.2, -0.15) is 0 Å². The molecule has 0 spiro atoms. The van der Waals surface area contributed by atoms with E-state index in [4.69, 9.17) is 25.6 Å². The van der Waals surface area contributed by atoms with Crippen LogP contribution < -0.4 is 5.32 Å². The van der Waals surface area contributed by atoms with Crippen molar-refractivity contribution in [2.75, 3.05) is 5.32 Å². The fourth-order valence-corrected chi connectivity index (χ4v) is 6.14. The van der Waals surface area contributed by atoms with Crippen molar-refractivity contribution in [3.63, 3.8) is 0 Å². The zero-order valence-electron chi connectivity index (χ0n) is 26.8. The molecular formula is C38H34ClN3O6. The van der Waals surface area contributed by atoms with Gasteiger partial charge in [0, 0.05) is 16.1 Å². The molecule has 0 aliphatic carbocycles. The lowest BCUT2D eigenvalue weighted by Crippen LogP contribution is -2.40. The highest BCUT2D eigenvalue weighted by molar-refractivity contribution is 6.31. The first-order valence-corrected chi connectivity index (χ1v) is 16.0. The maximum Gasteiger partial charge on any atom is 0.417 e. The topological polar surface area (TPSA) is 111 Å². The lowest BCUT2D eigenvalue weighted by atomic mass is 9.95. The first-order valence-electron chi connectivity index (χ1n) is 15.6. The monoisotopic (exact) mass is 663 g/mol. The van der Waals surface area contributed by atoms with Crippen molar-refractivity contribution >= 4 is 35.4 Å². The first kappa shape index (κ1) is 32.5. The largest absolute Gasteiger partial charge is 0.441 e. The van der Waals surface area contributed by atoms with Crippen molar-refractivity contribution in [3.8, 4) is 22.5 Å². The summed E-state index contributed by atoms with van der Waals surface area (Å²) < 4.78 is 16.7. The van der Waals surface area contributed by atoms with E-state index in [1.807, 2.05) is 97.9 Å². The van der Waals surface area contributed by atoms with Crippen molar-refractivity contribution in [1.82, 2.24) is 10.1 Å². The maximum absolute atomic E-state index is 13.5. The fourth-order valence-electron chi connectivity index (χ4n) is 5.85. The SMILES string of the molecule is Cc1noc(-c2ccc(-c3ccc(C(C)C(=O)N4C(=O)OC(c5ccccc5)C4C)cc3)cc2)c1NC(=O)OC(C)c1ccccc1Cl. The molecule has 6 rings (SSSR count). The standard InChI is InChI=1S/C38H34ClN3O6/c1-22(36(43)42-24(3)34(47-38(42)45)29-10-6-5-7-11-29)26-14-16-27(17-15-26)28-18-20-30(21-19-28)35-33(23(2)41-48-35)40-37(44)46-25(4)31-12-8-9-13-32(31)39/h5-22,24-25,34H,1-4H3,(H,40,44). The second kappa shape index (κ2) is 13.8. The highest BCUT2D eigenvalue weighted by atomic mass is 35.5. The van der Waals surface area contributed by atoms with Crippen molar-refractivity contribution in [2.45, 2.75) is 51.9 Å². The molecule has 1 saturated heterocycles. The third kappa shape index (κ3) is 6.55. The number of nitrogens with zero attached hydrogens (tertiary/aromatic N) is 2. The predicted molar refractivity (Wildman–Crippen MR) is 182 cm³/mol. The Bertz CT molecular complexity index is 1940. The molecule has 1 fully saturated rings. The van der Waals surface area contributed by atoms with Crippen molar-refractivity contribution in [2.24, 2.45) is 0 Å². The average molecular weight is 664 g/mol. The molecule has 1 aliphatic heterocycles. The number of aryl methyl sites for hydroxylation is 1. The number of amides is 3. The summed E-state index contributed by atoms with van der Waals surface area (Å²) in [7, 11) is 0. The predicted octanol–water partition coefficient (Wildman–Crippen LogP) is 9.49. The van der Waals surface area contributed by atoms with Gasteiger partial charge in [-0.25, -0.2) is 14.5 Å². The number of halogens is 1. The van der Waals surface area contributed by atoms with Crippen LogP contribution in [0.15, 0.2) is 108 Å². The van der Waals surface area contributed by atoms with Gasteiger partial charge in [0.05, 0.1) is 12.0 Å². The fraction of sp³-hybridized carbons (Fsp3) is 0.211. The minimum absolute atomic E-state index is 0.308. The first-order chi connectivity index (χ1) is 23.1. The molecule has 1 aromatic heterocycles. The molecule has 5 aromatic rings. The summed E-state index contributed by atoms with van der Waals surface area (Å²) in [4.78, 5) is 40.2. The van der Waals surface area contributed by atoms with Gasteiger partial charge in [0.15, 0.2) is 5.76 Å². The van der Waals surface area contributed by atoms with E-state index in [0.29, 0.717) is 33.3 Å². The van der Waals surface area contributed by atoms with Crippen LogP contribution in [0.1, 0.15) is 61.3 Å². The third-order valence-corrected chi connectivity index (χ3v) is 8.96. The van der Waals surface area contributed by atoms with Gasteiger partial charge >= 0.3 is 12.2 Å². The van der Waals surface area contributed by atoms with Crippen LogP contribution in [-0.2, 0) is 14.3 Å². The Hall–Kier alpha value is -5.41. The molecule has 48 heavy (non-hydrogen) atoms. The molecule has 0 saturated carbocycles. The molecule has 10 heteroatoms. The summed E-state index contributed by atoms with van der Waals surface area (Å²) in [6.45, 7) is 7.10. The molecular weight excluding hydrogens is 630 g/mol. The van der Waals surface area contributed by atoms with E-state index in [1.165, 1.54) is 4.90 Å². The van der Waals surface area contributed by atoms with Crippen LogP contribution in [0, 0.1) is 6.92 Å². The van der Waals surface area contributed by atoms with Crippen LogP contribution >= 0.6 is 11.6 Å². The van der Waals surface area contributed by atoms with Gasteiger partial charge in [-0.3, -0.25) is 10.1 Å². The summed E-state index contributed by atoms with van der Waals surface area (Å²) in [5.74, 6) is -0.462. The number of nitrogens with one attached hydrogen (secondary N) is 1. The van der Waals surface area contributed by atoms with E-state index in [2.05, 4.69) is 10.5 Å². The number of hydrogen-bond donors (Lipinski definition) is 1. The van der Waals surface area contributed by atoms with Crippen LogP contribution in [0.5, 0.6) is 0 Å². The molecule has 3 amide bonds. The Balaban J connectivity index is 1.12. The lowest BCUT2D eigenvalue weighted by molar-refractivity contribution is -0.130. The summed E-state index contributed by atoms with van der Waals surface area (Å²) in [5, 5.41) is 7.33. The summed E-state index contributed by atoms with van der Waals surface area (Å²) in [5.41, 5.74) is 5.83. The Morgan fingerprint density at radius 2 is 1.48 bits per heavy atom. The van der Waals surface area contributed by atoms with Crippen LogP contribution in [0.25, 0.3) is 22.5 Å². The Morgan fingerprint density at radius 3 is 2.15 bits per heavy atom. The maximum atomic E-state index is 13.5. The minimum atomic E-state index is -0.661. The number of rotatable bonds is 8. The van der Waals surface area contributed by atoms with E-state index >= 15 is 0 Å². The summed E-state index contributed by atoms with van der Waals surface area (Å²) in [6, 6.07) is 31.5. The zero-order chi connectivity index (χ0) is 33.9. The average Bonchev–Trinajstić information content (AvgIpc) is 3.61. The molecule has 0 bridgehead atoms. The number of ether oxygens (including phenoxy) is 2. The van der Waals surface area contributed by atoms with Crippen molar-refractivity contribution in [1.29, 1.82) is 0 Å². The molecule has 2 heterocycles. The van der Waals surface area contributed by atoms with Gasteiger partial charge in [-0.15, -0.1) is 0 Å². The Morgan fingerprint density at radius 1 is 0.875 bits per heavy atom. The van der Waals surface area contributed by atoms with Crippen LogP contribution in [0.4, 0.5) is 15.3 Å². The third-order valence-electron chi connectivity index (χ3n) is 8.61. The molecule has 244 valence electrons.